The van der Waals surface area contributed by atoms with Crippen LogP contribution in [0.4, 0.5) is 15.8 Å². The minimum Gasteiger partial charge on any atom is -0.497 e. The highest BCUT2D eigenvalue weighted by atomic mass is 19.1. The number of fused-ring (bicyclic) bond motifs is 1. The Balaban J connectivity index is 1.75. The number of carbonyl (C=O) groups excluding carboxylic acids is 1. The fourth-order valence-electron chi connectivity index (χ4n) is 3.03. The summed E-state index contributed by atoms with van der Waals surface area (Å²) < 4.78 is 18.4. The second kappa shape index (κ2) is 6.48. The first-order chi connectivity index (χ1) is 12.7. The first-order valence-electron chi connectivity index (χ1n) is 8.12. The highest BCUT2D eigenvalue weighted by Gasteiger charge is 2.38. The second-order valence-electron chi connectivity index (χ2n) is 5.86. The lowest BCUT2D eigenvalue weighted by molar-refractivity contribution is 0.0993. The maximum absolute atomic E-state index is 13.2. The quantitative estimate of drug-likeness (QED) is 0.773. The summed E-state index contributed by atoms with van der Waals surface area (Å²) in [5.74, 6) is 0.251. The SMILES string of the molecule is COc1ccc(N2C(=O)c3cccnc3[C@H]2Nc2ccc(F)cc2)cc1. The molecule has 0 aliphatic carbocycles. The molecule has 1 aromatic heterocycles. The highest BCUT2D eigenvalue weighted by Crippen LogP contribution is 2.37. The Morgan fingerprint density at radius 2 is 1.81 bits per heavy atom. The third kappa shape index (κ3) is 2.75. The van der Waals surface area contributed by atoms with Crippen molar-refractivity contribution in [3.05, 3.63) is 83.9 Å². The number of pyridine rings is 1. The number of hydrogen-bond donors (Lipinski definition) is 1. The van der Waals surface area contributed by atoms with Gasteiger partial charge in [0.2, 0.25) is 0 Å². The molecular formula is C20H16FN3O2. The molecular weight excluding hydrogens is 333 g/mol. The molecule has 6 heteroatoms. The van der Waals surface area contributed by atoms with E-state index >= 15 is 0 Å². The van der Waals surface area contributed by atoms with Gasteiger partial charge in [0.15, 0.2) is 6.17 Å². The van der Waals surface area contributed by atoms with Crippen molar-refractivity contribution in [2.24, 2.45) is 0 Å². The van der Waals surface area contributed by atoms with Gasteiger partial charge in [0.25, 0.3) is 5.91 Å². The molecule has 0 saturated heterocycles. The zero-order valence-electron chi connectivity index (χ0n) is 14.0. The summed E-state index contributed by atoms with van der Waals surface area (Å²) in [5.41, 5.74) is 2.59. The van der Waals surface area contributed by atoms with Gasteiger partial charge in [-0.05, 0) is 60.7 Å². The molecule has 0 fully saturated rings. The molecule has 5 nitrogen and oxygen atoms in total. The summed E-state index contributed by atoms with van der Waals surface area (Å²) in [4.78, 5) is 19.0. The van der Waals surface area contributed by atoms with Crippen molar-refractivity contribution < 1.29 is 13.9 Å². The van der Waals surface area contributed by atoms with Gasteiger partial charge in [0.1, 0.15) is 11.6 Å². The summed E-state index contributed by atoms with van der Waals surface area (Å²) in [7, 11) is 1.59. The predicted octanol–water partition coefficient (Wildman–Crippen LogP) is 4.00. The monoisotopic (exact) mass is 349 g/mol. The van der Waals surface area contributed by atoms with E-state index in [0.717, 1.165) is 0 Å². The fourth-order valence-corrected chi connectivity index (χ4v) is 3.03. The number of methoxy groups -OCH3 is 1. The van der Waals surface area contributed by atoms with Crippen molar-refractivity contribution in [2.75, 3.05) is 17.3 Å². The minimum atomic E-state index is -0.488. The molecule has 1 atom stereocenters. The molecule has 130 valence electrons. The first-order valence-corrected chi connectivity index (χ1v) is 8.12. The lowest BCUT2D eigenvalue weighted by Crippen LogP contribution is -2.32. The van der Waals surface area contributed by atoms with Gasteiger partial charge >= 0.3 is 0 Å². The topological polar surface area (TPSA) is 54.5 Å². The average molecular weight is 349 g/mol. The zero-order chi connectivity index (χ0) is 18.1. The number of ether oxygens (including phenoxy) is 1. The third-order valence-electron chi connectivity index (χ3n) is 4.30. The third-order valence-corrected chi connectivity index (χ3v) is 4.30. The molecule has 0 radical (unpaired) electrons. The highest BCUT2D eigenvalue weighted by molar-refractivity contribution is 6.11. The van der Waals surface area contributed by atoms with E-state index in [0.29, 0.717) is 28.4 Å². The summed E-state index contributed by atoms with van der Waals surface area (Å²) in [6.45, 7) is 0. The standard InChI is InChI=1S/C20H16FN3O2/c1-26-16-10-8-15(9-11-16)24-19(23-14-6-4-13(21)5-7-14)18-17(20(24)25)3-2-12-22-18/h2-12,19,23H,1H3/t19-/m0/s1. The van der Waals surface area contributed by atoms with Gasteiger partial charge in [-0.15, -0.1) is 0 Å². The molecule has 26 heavy (non-hydrogen) atoms. The molecule has 1 aliphatic rings. The second-order valence-corrected chi connectivity index (χ2v) is 5.86. The molecule has 2 heterocycles. The molecule has 3 aromatic rings. The number of amides is 1. The Morgan fingerprint density at radius 1 is 1.08 bits per heavy atom. The number of nitrogens with zero attached hydrogens (tertiary/aromatic N) is 2. The number of anilines is 2. The van der Waals surface area contributed by atoms with Crippen LogP contribution in [-0.2, 0) is 0 Å². The van der Waals surface area contributed by atoms with Crippen molar-refractivity contribution in [1.82, 2.24) is 4.98 Å². The van der Waals surface area contributed by atoms with Gasteiger partial charge in [-0.3, -0.25) is 14.7 Å². The summed E-state index contributed by atoms with van der Waals surface area (Å²) in [6.07, 6.45) is 1.17. The number of benzene rings is 2. The van der Waals surface area contributed by atoms with Crippen LogP contribution in [0.1, 0.15) is 22.2 Å². The number of rotatable bonds is 4. The summed E-state index contributed by atoms with van der Waals surface area (Å²) >= 11 is 0. The number of carbonyl (C=O) groups is 1. The predicted molar refractivity (Wildman–Crippen MR) is 96.8 cm³/mol. The van der Waals surface area contributed by atoms with Crippen molar-refractivity contribution in [1.29, 1.82) is 0 Å². The fraction of sp³-hybridized carbons (Fsp3) is 0.100. The smallest absolute Gasteiger partial charge is 0.262 e. The Bertz CT molecular complexity index is 942. The lowest BCUT2D eigenvalue weighted by Gasteiger charge is -2.26. The van der Waals surface area contributed by atoms with E-state index in [1.54, 1.807) is 54.6 Å². The van der Waals surface area contributed by atoms with Crippen LogP contribution in [0.3, 0.4) is 0 Å². The molecule has 2 aromatic carbocycles. The number of aromatic nitrogens is 1. The van der Waals surface area contributed by atoms with Crippen LogP contribution in [-0.4, -0.2) is 18.0 Å². The van der Waals surface area contributed by atoms with Gasteiger partial charge in [0, 0.05) is 17.6 Å². The van der Waals surface area contributed by atoms with E-state index in [1.807, 2.05) is 12.1 Å². The number of halogens is 1. The van der Waals surface area contributed by atoms with Crippen molar-refractivity contribution in [3.8, 4) is 5.75 Å². The molecule has 0 bridgehead atoms. The van der Waals surface area contributed by atoms with Crippen LogP contribution in [0.5, 0.6) is 5.75 Å². The van der Waals surface area contributed by atoms with Crippen LogP contribution in [0.2, 0.25) is 0 Å². The Labute approximate surface area is 150 Å². The van der Waals surface area contributed by atoms with E-state index in [-0.39, 0.29) is 11.7 Å². The van der Waals surface area contributed by atoms with Crippen LogP contribution < -0.4 is 15.0 Å². The van der Waals surface area contributed by atoms with Crippen molar-refractivity contribution in [3.63, 3.8) is 0 Å². The molecule has 4 rings (SSSR count). The molecule has 0 saturated carbocycles. The van der Waals surface area contributed by atoms with Crippen LogP contribution in [0.15, 0.2) is 66.9 Å². The molecule has 1 amide bonds. The van der Waals surface area contributed by atoms with Crippen LogP contribution >= 0.6 is 0 Å². The number of hydrogen-bond acceptors (Lipinski definition) is 4. The maximum Gasteiger partial charge on any atom is 0.262 e. The Hall–Kier alpha value is -3.41. The van der Waals surface area contributed by atoms with Crippen molar-refractivity contribution in [2.45, 2.75) is 6.17 Å². The average Bonchev–Trinajstić information content (AvgIpc) is 2.96. The Kier molecular flexibility index (Phi) is 4.01. The number of nitrogens with one attached hydrogen (secondary N) is 1. The van der Waals surface area contributed by atoms with Gasteiger partial charge in [-0.1, -0.05) is 0 Å². The lowest BCUT2D eigenvalue weighted by atomic mass is 10.2. The van der Waals surface area contributed by atoms with E-state index in [4.69, 9.17) is 4.74 Å². The van der Waals surface area contributed by atoms with E-state index < -0.39 is 6.17 Å². The van der Waals surface area contributed by atoms with Gasteiger partial charge < -0.3 is 10.1 Å². The van der Waals surface area contributed by atoms with E-state index in [1.165, 1.54) is 12.1 Å². The molecule has 0 unspecified atom stereocenters. The van der Waals surface area contributed by atoms with Crippen LogP contribution in [0, 0.1) is 5.82 Å². The largest absolute Gasteiger partial charge is 0.497 e. The molecule has 1 aliphatic heterocycles. The van der Waals surface area contributed by atoms with Gasteiger partial charge in [-0.2, -0.15) is 0 Å². The first kappa shape index (κ1) is 16.1. The summed E-state index contributed by atoms with van der Waals surface area (Å²) in [6, 6.07) is 16.7. The van der Waals surface area contributed by atoms with E-state index in [2.05, 4.69) is 10.3 Å². The normalized spacial score (nSPS) is 15.7. The van der Waals surface area contributed by atoms with Gasteiger partial charge in [0.05, 0.1) is 18.4 Å². The van der Waals surface area contributed by atoms with Crippen LogP contribution in [0.25, 0.3) is 0 Å². The maximum atomic E-state index is 13.2. The zero-order valence-corrected chi connectivity index (χ0v) is 14.0. The minimum absolute atomic E-state index is 0.141. The molecule has 1 N–H and O–H groups in total. The van der Waals surface area contributed by atoms with Crippen molar-refractivity contribution >= 4 is 17.3 Å². The van der Waals surface area contributed by atoms with E-state index in [9.17, 15) is 9.18 Å². The Morgan fingerprint density at radius 3 is 2.50 bits per heavy atom. The molecule has 0 spiro atoms. The summed E-state index contributed by atoms with van der Waals surface area (Å²) in [5, 5.41) is 3.28. The van der Waals surface area contributed by atoms with Gasteiger partial charge in [-0.25, -0.2) is 4.39 Å².